The first-order valence-electron chi connectivity index (χ1n) is 7.63. The third-order valence-electron chi connectivity index (χ3n) is 3.80. The van der Waals surface area contributed by atoms with Gasteiger partial charge >= 0.3 is 6.18 Å². The standard InChI is InChI=1S/C17H15F3N4O2/c1-10-5-6-24-15(23-10)13(9-22-24)16(25)21-8-11-7-12(17(18,19)20)3-4-14(11)26-2/h3-7,9H,8H2,1-2H3,(H,21,25). The van der Waals surface area contributed by atoms with Crippen molar-refractivity contribution in [3.63, 3.8) is 0 Å². The number of carbonyl (C=O) groups is 1. The maximum absolute atomic E-state index is 12.9. The van der Waals surface area contributed by atoms with Gasteiger partial charge in [0.2, 0.25) is 0 Å². The lowest BCUT2D eigenvalue weighted by atomic mass is 10.1. The van der Waals surface area contributed by atoms with E-state index in [2.05, 4.69) is 15.4 Å². The quantitative estimate of drug-likeness (QED) is 0.773. The van der Waals surface area contributed by atoms with Crippen molar-refractivity contribution in [2.45, 2.75) is 19.6 Å². The van der Waals surface area contributed by atoms with Crippen LogP contribution in [0.15, 0.2) is 36.7 Å². The molecular weight excluding hydrogens is 349 g/mol. The van der Waals surface area contributed by atoms with Crippen LogP contribution in [0.1, 0.15) is 27.2 Å². The molecule has 26 heavy (non-hydrogen) atoms. The van der Waals surface area contributed by atoms with Crippen LogP contribution in [0.3, 0.4) is 0 Å². The predicted molar refractivity (Wildman–Crippen MR) is 86.9 cm³/mol. The lowest BCUT2D eigenvalue weighted by Gasteiger charge is -2.13. The molecule has 0 aliphatic heterocycles. The molecule has 9 heteroatoms. The number of halogens is 3. The van der Waals surface area contributed by atoms with Gasteiger partial charge in [0, 0.05) is 24.0 Å². The first-order chi connectivity index (χ1) is 12.3. The number of aryl methyl sites for hydroxylation is 1. The summed E-state index contributed by atoms with van der Waals surface area (Å²) in [4.78, 5) is 16.7. The van der Waals surface area contributed by atoms with Gasteiger partial charge in [-0.1, -0.05) is 0 Å². The Bertz CT molecular complexity index is 966. The molecule has 0 unspecified atom stereocenters. The largest absolute Gasteiger partial charge is 0.496 e. The van der Waals surface area contributed by atoms with Crippen molar-refractivity contribution in [3.05, 3.63) is 59.0 Å². The summed E-state index contributed by atoms with van der Waals surface area (Å²) in [7, 11) is 1.35. The van der Waals surface area contributed by atoms with Gasteiger partial charge in [-0.3, -0.25) is 4.79 Å². The molecule has 0 fully saturated rings. The number of methoxy groups -OCH3 is 1. The average Bonchev–Trinajstić information content (AvgIpc) is 3.01. The smallest absolute Gasteiger partial charge is 0.416 e. The van der Waals surface area contributed by atoms with Gasteiger partial charge in [-0.05, 0) is 31.2 Å². The van der Waals surface area contributed by atoms with E-state index in [9.17, 15) is 18.0 Å². The van der Waals surface area contributed by atoms with Gasteiger partial charge in [-0.15, -0.1) is 0 Å². The topological polar surface area (TPSA) is 68.5 Å². The maximum Gasteiger partial charge on any atom is 0.416 e. The van der Waals surface area contributed by atoms with Crippen LogP contribution >= 0.6 is 0 Å². The highest BCUT2D eigenvalue weighted by atomic mass is 19.4. The Labute approximate surface area is 146 Å². The van der Waals surface area contributed by atoms with Crippen LogP contribution in [0.4, 0.5) is 13.2 Å². The Morgan fingerprint density at radius 3 is 2.77 bits per heavy atom. The minimum Gasteiger partial charge on any atom is -0.496 e. The molecule has 0 bridgehead atoms. The van der Waals surface area contributed by atoms with Crippen LogP contribution in [-0.2, 0) is 12.7 Å². The van der Waals surface area contributed by atoms with E-state index in [1.54, 1.807) is 19.2 Å². The molecule has 3 rings (SSSR count). The lowest BCUT2D eigenvalue weighted by Crippen LogP contribution is -2.23. The number of aromatic nitrogens is 3. The highest BCUT2D eigenvalue weighted by Crippen LogP contribution is 2.32. The minimum atomic E-state index is -4.48. The zero-order valence-corrected chi connectivity index (χ0v) is 14.0. The van der Waals surface area contributed by atoms with Gasteiger partial charge in [-0.25, -0.2) is 9.50 Å². The summed E-state index contributed by atoms with van der Waals surface area (Å²) in [6, 6.07) is 4.86. The first-order valence-corrected chi connectivity index (χ1v) is 7.63. The molecule has 1 amide bonds. The predicted octanol–water partition coefficient (Wildman–Crippen LogP) is 3.00. The highest BCUT2D eigenvalue weighted by molar-refractivity contribution is 5.99. The van der Waals surface area contributed by atoms with Crippen molar-refractivity contribution in [1.82, 2.24) is 19.9 Å². The number of hydrogen-bond donors (Lipinski definition) is 1. The molecule has 0 saturated heterocycles. The molecule has 0 spiro atoms. The van der Waals surface area contributed by atoms with Gasteiger partial charge in [0.15, 0.2) is 5.65 Å². The average molecular weight is 364 g/mol. The molecule has 1 N–H and O–H groups in total. The van der Waals surface area contributed by atoms with Crippen LogP contribution in [-0.4, -0.2) is 27.6 Å². The van der Waals surface area contributed by atoms with Crippen LogP contribution in [0.5, 0.6) is 5.75 Å². The third-order valence-corrected chi connectivity index (χ3v) is 3.80. The van der Waals surface area contributed by atoms with Crippen molar-refractivity contribution in [3.8, 4) is 5.75 Å². The number of fused-ring (bicyclic) bond motifs is 1. The number of carbonyl (C=O) groups excluding carboxylic acids is 1. The van der Waals surface area contributed by atoms with Gasteiger partial charge in [0.1, 0.15) is 11.3 Å². The molecule has 1 aromatic carbocycles. The van der Waals surface area contributed by atoms with Gasteiger partial charge < -0.3 is 10.1 Å². The molecule has 0 aliphatic carbocycles. The number of amides is 1. The summed E-state index contributed by atoms with van der Waals surface area (Å²) in [6.45, 7) is 1.65. The second-order valence-electron chi connectivity index (χ2n) is 5.60. The fourth-order valence-electron chi connectivity index (χ4n) is 2.48. The number of alkyl halides is 3. The summed E-state index contributed by atoms with van der Waals surface area (Å²) in [5, 5.41) is 6.62. The van der Waals surface area contributed by atoms with E-state index in [-0.39, 0.29) is 23.4 Å². The SMILES string of the molecule is COc1ccc(C(F)(F)F)cc1CNC(=O)c1cnn2ccc(C)nc12. The number of nitrogens with zero attached hydrogens (tertiary/aromatic N) is 3. The molecule has 2 aromatic heterocycles. The maximum atomic E-state index is 12.9. The molecular formula is C17H15F3N4O2. The fraction of sp³-hybridized carbons (Fsp3) is 0.235. The number of nitrogens with one attached hydrogen (secondary N) is 1. The van der Waals surface area contributed by atoms with Crippen molar-refractivity contribution in [1.29, 1.82) is 0 Å². The molecule has 2 heterocycles. The van der Waals surface area contributed by atoms with Gasteiger partial charge in [0.25, 0.3) is 5.91 Å². The van der Waals surface area contributed by atoms with Crippen molar-refractivity contribution in [2.75, 3.05) is 7.11 Å². The monoisotopic (exact) mass is 364 g/mol. The summed E-state index contributed by atoms with van der Waals surface area (Å²) in [5.74, 6) is -0.232. The molecule has 0 atom stereocenters. The third kappa shape index (κ3) is 3.46. The van der Waals surface area contributed by atoms with E-state index in [1.807, 2.05) is 0 Å². The van der Waals surface area contributed by atoms with Crippen molar-refractivity contribution < 1.29 is 22.7 Å². The van der Waals surface area contributed by atoms with Gasteiger partial charge in [-0.2, -0.15) is 18.3 Å². The van der Waals surface area contributed by atoms with Crippen LogP contribution < -0.4 is 10.1 Å². The second-order valence-corrected chi connectivity index (χ2v) is 5.60. The second kappa shape index (κ2) is 6.66. The van der Waals surface area contributed by atoms with E-state index in [0.717, 1.165) is 12.1 Å². The number of hydrogen-bond acceptors (Lipinski definition) is 4. The molecule has 0 radical (unpaired) electrons. The molecule has 0 aliphatic rings. The van der Waals surface area contributed by atoms with Crippen molar-refractivity contribution in [2.24, 2.45) is 0 Å². The molecule has 136 valence electrons. The zero-order valence-electron chi connectivity index (χ0n) is 14.0. The number of rotatable bonds is 4. The van der Waals surface area contributed by atoms with E-state index < -0.39 is 17.6 Å². The Hall–Kier alpha value is -3.10. The van der Waals surface area contributed by atoms with E-state index in [4.69, 9.17) is 4.74 Å². The molecule has 3 aromatic rings. The normalized spacial score (nSPS) is 11.6. The Balaban J connectivity index is 1.83. The summed E-state index contributed by atoms with van der Waals surface area (Å²) < 4.78 is 45.2. The lowest BCUT2D eigenvalue weighted by molar-refractivity contribution is -0.137. The Morgan fingerprint density at radius 1 is 1.31 bits per heavy atom. The minimum absolute atomic E-state index is 0.130. The Morgan fingerprint density at radius 2 is 2.08 bits per heavy atom. The Kier molecular flexibility index (Phi) is 4.54. The molecule has 0 saturated carbocycles. The fourth-order valence-corrected chi connectivity index (χ4v) is 2.48. The summed E-state index contributed by atoms with van der Waals surface area (Å²) in [5.41, 5.74) is 0.733. The zero-order chi connectivity index (χ0) is 18.9. The summed E-state index contributed by atoms with van der Waals surface area (Å²) in [6.07, 6.45) is -1.44. The van der Waals surface area contributed by atoms with E-state index >= 15 is 0 Å². The number of benzene rings is 1. The van der Waals surface area contributed by atoms with Gasteiger partial charge in [0.05, 0.1) is 18.9 Å². The van der Waals surface area contributed by atoms with E-state index in [1.165, 1.54) is 23.9 Å². The first kappa shape index (κ1) is 17.7. The number of ether oxygens (including phenoxy) is 1. The van der Waals surface area contributed by atoms with E-state index in [0.29, 0.717) is 11.3 Å². The van der Waals surface area contributed by atoms with Crippen LogP contribution in [0, 0.1) is 6.92 Å². The van der Waals surface area contributed by atoms with Crippen LogP contribution in [0.2, 0.25) is 0 Å². The summed E-state index contributed by atoms with van der Waals surface area (Å²) >= 11 is 0. The van der Waals surface area contributed by atoms with Crippen molar-refractivity contribution >= 4 is 11.6 Å². The highest BCUT2D eigenvalue weighted by Gasteiger charge is 2.31. The van der Waals surface area contributed by atoms with Crippen LogP contribution in [0.25, 0.3) is 5.65 Å². The molecule has 6 nitrogen and oxygen atoms in total.